The van der Waals surface area contributed by atoms with Gasteiger partial charge in [0.15, 0.2) is 0 Å². The van der Waals surface area contributed by atoms with Crippen LogP contribution >= 0.6 is 27.5 Å². The molecule has 1 nitrogen and oxygen atoms in total. The van der Waals surface area contributed by atoms with E-state index in [0.717, 1.165) is 28.6 Å². The molecule has 20 heavy (non-hydrogen) atoms. The van der Waals surface area contributed by atoms with Crippen LogP contribution in [0.2, 0.25) is 5.02 Å². The van der Waals surface area contributed by atoms with Gasteiger partial charge >= 0.3 is 0 Å². The molecule has 0 saturated heterocycles. The lowest BCUT2D eigenvalue weighted by atomic mass is 9.75. The largest absolute Gasteiger partial charge is 0.381 e. The quantitative estimate of drug-likeness (QED) is 0.756. The van der Waals surface area contributed by atoms with Crippen LogP contribution in [0.4, 0.5) is 10.1 Å². The first-order valence-electron chi connectivity index (χ1n) is 6.60. The van der Waals surface area contributed by atoms with Crippen LogP contribution in [0.5, 0.6) is 0 Å². The van der Waals surface area contributed by atoms with Crippen molar-refractivity contribution in [2.24, 2.45) is 0 Å². The molecule has 0 bridgehead atoms. The monoisotopic (exact) mass is 353 g/mol. The normalized spacial score (nSPS) is 21.4. The smallest absolute Gasteiger partial charge is 0.126 e. The van der Waals surface area contributed by atoms with Gasteiger partial charge in [-0.15, -0.1) is 0 Å². The van der Waals surface area contributed by atoms with Gasteiger partial charge in [-0.25, -0.2) is 4.39 Å². The van der Waals surface area contributed by atoms with E-state index in [9.17, 15) is 4.39 Å². The lowest BCUT2D eigenvalue weighted by Gasteiger charge is -2.37. The molecule has 0 radical (unpaired) electrons. The zero-order chi connectivity index (χ0) is 14.1. The van der Waals surface area contributed by atoms with Gasteiger partial charge in [-0.3, -0.25) is 0 Å². The zero-order valence-corrected chi connectivity index (χ0v) is 13.1. The Kier molecular flexibility index (Phi) is 3.99. The van der Waals surface area contributed by atoms with Gasteiger partial charge in [0.2, 0.25) is 0 Å². The fourth-order valence-corrected chi connectivity index (χ4v) is 3.18. The Morgan fingerprint density at radius 2 is 1.85 bits per heavy atom. The summed E-state index contributed by atoms with van der Waals surface area (Å²) in [4.78, 5) is 0. The molecule has 104 valence electrons. The van der Waals surface area contributed by atoms with Gasteiger partial charge in [0, 0.05) is 6.04 Å². The molecule has 2 aromatic carbocycles. The summed E-state index contributed by atoms with van der Waals surface area (Å²) < 4.78 is 14.6. The summed E-state index contributed by atoms with van der Waals surface area (Å²) in [7, 11) is 0. The van der Waals surface area contributed by atoms with E-state index in [4.69, 9.17) is 11.6 Å². The Hall–Kier alpha value is -1.06. The molecule has 1 fully saturated rings. The fourth-order valence-electron chi connectivity index (χ4n) is 2.63. The van der Waals surface area contributed by atoms with E-state index in [1.807, 2.05) is 30.3 Å². The van der Waals surface area contributed by atoms with Crippen molar-refractivity contribution in [1.82, 2.24) is 0 Å². The summed E-state index contributed by atoms with van der Waals surface area (Å²) in [6.07, 6.45) is 1.89. The first kappa shape index (κ1) is 13.9. The SMILES string of the molecule is Fc1ccccc1C1CC(Nc2cccc(Cl)c2Br)C1. The number of hydrogen-bond donors (Lipinski definition) is 1. The van der Waals surface area contributed by atoms with Crippen molar-refractivity contribution >= 4 is 33.2 Å². The van der Waals surface area contributed by atoms with Crippen molar-refractivity contribution in [1.29, 1.82) is 0 Å². The van der Waals surface area contributed by atoms with Crippen molar-refractivity contribution in [3.8, 4) is 0 Å². The lowest BCUT2D eigenvalue weighted by molar-refractivity contribution is 0.363. The number of benzene rings is 2. The molecule has 0 aromatic heterocycles. The summed E-state index contributed by atoms with van der Waals surface area (Å²) in [5.41, 5.74) is 1.82. The second-order valence-electron chi connectivity index (χ2n) is 5.13. The number of nitrogens with one attached hydrogen (secondary N) is 1. The maximum Gasteiger partial charge on any atom is 0.126 e. The molecule has 0 spiro atoms. The van der Waals surface area contributed by atoms with Crippen LogP contribution in [0.25, 0.3) is 0 Å². The molecule has 4 heteroatoms. The molecule has 3 rings (SSSR count). The highest BCUT2D eigenvalue weighted by molar-refractivity contribution is 9.10. The van der Waals surface area contributed by atoms with E-state index in [1.54, 1.807) is 6.07 Å². The number of anilines is 1. The molecule has 1 saturated carbocycles. The zero-order valence-electron chi connectivity index (χ0n) is 10.7. The third-order valence-electron chi connectivity index (χ3n) is 3.79. The van der Waals surface area contributed by atoms with Crippen molar-refractivity contribution in [2.75, 3.05) is 5.32 Å². The van der Waals surface area contributed by atoms with E-state index >= 15 is 0 Å². The third-order valence-corrected chi connectivity index (χ3v) is 5.19. The Morgan fingerprint density at radius 1 is 1.10 bits per heavy atom. The van der Waals surface area contributed by atoms with Gasteiger partial charge < -0.3 is 5.32 Å². The molecule has 0 aliphatic heterocycles. The summed E-state index contributed by atoms with van der Waals surface area (Å²) in [6.45, 7) is 0. The van der Waals surface area contributed by atoms with Crippen LogP contribution in [-0.2, 0) is 0 Å². The highest BCUT2D eigenvalue weighted by Crippen LogP contribution is 2.41. The van der Waals surface area contributed by atoms with Crippen LogP contribution in [0, 0.1) is 5.82 Å². The maximum absolute atomic E-state index is 13.7. The molecule has 0 amide bonds. The summed E-state index contributed by atoms with van der Waals surface area (Å²) in [6, 6.07) is 13.2. The van der Waals surface area contributed by atoms with Crippen molar-refractivity contribution in [2.45, 2.75) is 24.8 Å². The summed E-state index contributed by atoms with van der Waals surface area (Å²) in [5, 5.41) is 4.15. The molecular formula is C16H14BrClFN. The maximum atomic E-state index is 13.7. The van der Waals surface area contributed by atoms with Gasteiger partial charge in [0.05, 0.1) is 15.2 Å². The topological polar surface area (TPSA) is 12.0 Å². The van der Waals surface area contributed by atoms with Crippen molar-refractivity contribution < 1.29 is 4.39 Å². The second-order valence-corrected chi connectivity index (χ2v) is 6.33. The molecule has 1 N–H and O–H groups in total. The molecule has 1 aliphatic rings. The van der Waals surface area contributed by atoms with Crippen LogP contribution in [0.15, 0.2) is 46.9 Å². The Labute approximate surface area is 131 Å². The van der Waals surface area contributed by atoms with Crippen molar-refractivity contribution in [3.63, 3.8) is 0 Å². The van der Waals surface area contributed by atoms with E-state index < -0.39 is 0 Å². The minimum Gasteiger partial charge on any atom is -0.381 e. The second kappa shape index (κ2) is 5.74. The Balaban J connectivity index is 1.64. The predicted molar refractivity (Wildman–Crippen MR) is 84.9 cm³/mol. The van der Waals surface area contributed by atoms with Crippen molar-refractivity contribution in [3.05, 3.63) is 63.3 Å². The van der Waals surface area contributed by atoms with E-state index in [-0.39, 0.29) is 5.82 Å². The molecule has 0 heterocycles. The van der Waals surface area contributed by atoms with E-state index in [1.165, 1.54) is 6.07 Å². The highest BCUT2D eigenvalue weighted by atomic mass is 79.9. The lowest BCUT2D eigenvalue weighted by Crippen LogP contribution is -2.34. The summed E-state index contributed by atoms with van der Waals surface area (Å²) >= 11 is 9.55. The molecule has 0 unspecified atom stereocenters. The van der Waals surface area contributed by atoms with Gasteiger partial charge in [-0.1, -0.05) is 35.9 Å². The fraction of sp³-hybridized carbons (Fsp3) is 0.250. The van der Waals surface area contributed by atoms with Gasteiger partial charge in [-0.2, -0.15) is 0 Å². The average Bonchev–Trinajstić information content (AvgIpc) is 2.39. The minimum absolute atomic E-state index is 0.0973. The van der Waals surface area contributed by atoms with Crippen LogP contribution in [-0.4, -0.2) is 6.04 Å². The Morgan fingerprint density at radius 3 is 2.60 bits per heavy atom. The molecule has 2 aromatic rings. The van der Waals surface area contributed by atoms with Crippen LogP contribution < -0.4 is 5.32 Å². The van der Waals surface area contributed by atoms with E-state index in [0.29, 0.717) is 17.0 Å². The van der Waals surface area contributed by atoms with Crippen LogP contribution in [0.3, 0.4) is 0 Å². The number of halogens is 3. The molecule has 1 aliphatic carbocycles. The first-order chi connectivity index (χ1) is 9.65. The molecule has 0 atom stereocenters. The summed E-state index contributed by atoms with van der Waals surface area (Å²) in [5.74, 6) is 0.214. The van der Waals surface area contributed by atoms with Gasteiger partial charge in [-0.05, 0) is 58.5 Å². The predicted octanol–water partition coefficient (Wildman–Crippen LogP) is 5.60. The van der Waals surface area contributed by atoms with Crippen LogP contribution in [0.1, 0.15) is 24.3 Å². The highest BCUT2D eigenvalue weighted by Gasteiger charge is 2.32. The number of hydrogen-bond acceptors (Lipinski definition) is 1. The van der Waals surface area contributed by atoms with E-state index in [2.05, 4.69) is 21.2 Å². The minimum atomic E-state index is -0.0973. The third kappa shape index (κ3) is 2.70. The Bertz CT molecular complexity index is 626. The first-order valence-corrected chi connectivity index (χ1v) is 7.77. The van der Waals surface area contributed by atoms with Gasteiger partial charge in [0.25, 0.3) is 0 Å². The molecular weight excluding hydrogens is 341 g/mol. The standard InChI is InChI=1S/C16H14BrClFN/c17-16-13(18)5-3-7-15(16)20-11-8-10(9-11)12-4-1-2-6-14(12)19/h1-7,10-11,20H,8-9H2. The average molecular weight is 355 g/mol. The number of rotatable bonds is 3. The van der Waals surface area contributed by atoms with Gasteiger partial charge in [0.1, 0.15) is 5.82 Å².